The average molecular weight is 299 g/mol. The third kappa shape index (κ3) is 2.44. The van der Waals surface area contributed by atoms with Crippen LogP contribution in [0.15, 0.2) is 18.2 Å². The molecule has 1 aliphatic rings. The Morgan fingerprint density at radius 1 is 1.18 bits per heavy atom. The summed E-state index contributed by atoms with van der Waals surface area (Å²) in [5.41, 5.74) is 1.31. The number of halogens is 1. The van der Waals surface area contributed by atoms with Crippen molar-refractivity contribution in [3.8, 4) is 11.5 Å². The van der Waals surface area contributed by atoms with Crippen molar-refractivity contribution in [2.24, 2.45) is 5.92 Å². The standard InChI is InChI=1S/C14H19BrO2/c1-9-11(6-7-13(9)15)12-5-4-10(16-2)8-14(12)17-3/h4-5,8-9,11,13H,6-7H2,1-3H3. The smallest absolute Gasteiger partial charge is 0.126 e. The summed E-state index contributed by atoms with van der Waals surface area (Å²) in [6, 6.07) is 6.14. The van der Waals surface area contributed by atoms with Gasteiger partial charge in [-0.05, 0) is 36.3 Å². The van der Waals surface area contributed by atoms with Crippen molar-refractivity contribution < 1.29 is 9.47 Å². The van der Waals surface area contributed by atoms with Gasteiger partial charge >= 0.3 is 0 Å². The Morgan fingerprint density at radius 3 is 2.47 bits per heavy atom. The first-order valence-corrected chi connectivity index (χ1v) is 6.95. The normalized spacial score (nSPS) is 28.1. The molecule has 0 amide bonds. The van der Waals surface area contributed by atoms with Crippen molar-refractivity contribution >= 4 is 15.9 Å². The van der Waals surface area contributed by atoms with Crippen LogP contribution in [0.2, 0.25) is 0 Å². The number of hydrogen-bond donors (Lipinski definition) is 0. The summed E-state index contributed by atoms with van der Waals surface area (Å²) >= 11 is 3.75. The van der Waals surface area contributed by atoms with Crippen LogP contribution in [0.5, 0.6) is 11.5 Å². The van der Waals surface area contributed by atoms with Gasteiger partial charge in [0, 0.05) is 10.9 Å². The second-order valence-electron chi connectivity index (χ2n) is 4.67. The maximum atomic E-state index is 5.49. The SMILES string of the molecule is COc1ccc(C2CCC(Br)C2C)c(OC)c1. The molecule has 0 aromatic heterocycles. The summed E-state index contributed by atoms with van der Waals surface area (Å²) in [5, 5.41) is 0. The van der Waals surface area contributed by atoms with Gasteiger partial charge in [-0.25, -0.2) is 0 Å². The Bertz CT molecular complexity index is 392. The number of ether oxygens (including phenoxy) is 2. The minimum absolute atomic E-state index is 0.584. The monoisotopic (exact) mass is 298 g/mol. The van der Waals surface area contributed by atoms with E-state index < -0.39 is 0 Å². The highest BCUT2D eigenvalue weighted by atomic mass is 79.9. The first-order chi connectivity index (χ1) is 8.17. The molecule has 1 aromatic rings. The van der Waals surface area contributed by atoms with Gasteiger partial charge in [-0.2, -0.15) is 0 Å². The van der Waals surface area contributed by atoms with Crippen LogP contribution in [-0.2, 0) is 0 Å². The van der Waals surface area contributed by atoms with Gasteiger partial charge in [0.15, 0.2) is 0 Å². The molecule has 94 valence electrons. The second kappa shape index (κ2) is 5.30. The minimum atomic E-state index is 0.584. The van der Waals surface area contributed by atoms with E-state index in [2.05, 4.69) is 28.9 Å². The predicted molar refractivity (Wildman–Crippen MR) is 73.4 cm³/mol. The van der Waals surface area contributed by atoms with Gasteiger partial charge in [-0.3, -0.25) is 0 Å². The predicted octanol–water partition coefficient (Wildman–Crippen LogP) is 3.98. The molecule has 1 aromatic carbocycles. The number of benzene rings is 1. The molecule has 0 heterocycles. The van der Waals surface area contributed by atoms with E-state index in [4.69, 9.17) is 9.47 Å². The molecule has 2 rings (SSSR count). The number of rotatable bonds is 3. The first kappa shape index (κ1) is 12.7. The van der Waals surface area contributed by atoms with Gasteiger partial charge in [0.2, 0.25) is 0 Å². The zero-order chi connectivity index (χ0) is 12.4. The number of hydrogen-bond acceptors (Lipinski definition) is 2. The Balaban J connectivity index is 2.32. The second-order valence-corrected chi connectivity index (χ2v) is 5.84. The maximum Gasteiger partial charge on any atom is 0.126 e. The molecule has 3 heteroatoms. The fraction of sp³-hybridized carbons (Fsp3) is 0.571. The van der Waals surface area contributed by atoms with Crippen LogP contribution in [0.3, 0.4) is 0 Å². The van der Waals surface area contributed by atoms with Crippen LogP contribution < -0.4 is 9.47 Å². The Morgan fingerprint density at radius 2 is 1.94 bits per heavy atom. The van der Waals surface area contributed by atoms with Gasteiger partial charge in [-0.15, -0.1) is 0 Å². The highest BCUT2D eigenvalue weighted by molar-refractivity contribution is 9.09. The molecule has 1 aliphatic carbocycles. The molecule has 1 saturated carbocycles. The van der Waals surface area contributed by atoms with Crippen molar-refractivity contribution in [2.75, 3.05) is 14.2 Å². The highest BCUT2D eigenvalue weighted by Crippen LogP contribution is 2.46. The van der Waals surface area contributed by atoms with Gasteiger partial charge in [0.05, 0.1) is 14.2 Å². The van der Waals surface area contributed by atoms with Crippen molar-refractivity contribution in [3.05, 3.63) is 23.8 Å². The van der Waals surface area contributed by atoms with E-state index in [1.807, 2.05) is 12.1 Å². The summed E-state index contributed by atoms with van der Waals surface area (Å²) in [4.78, 5) is 0.624. The summed E-state index contributed by atoms with van der Waals surface area (Å²) in [7, 11) is 3.41. The highest BCUT2D eigenvalue weighted by Gasteiger charge is 2.33. The van der Waals surface area contributed by atoms with Crippen molar-refractivity contribution in [1.82, 2.24) is 0 Å². The molecule has 3 atom stereocenters. The zero-order valence-electron chi connectivity index (χ0n) is 10.6. The van der Waals surface area contributed by atoms with E-state index in [1.54, 1.807) is 14.2 Å². The van der Waals surface area contributed by atoms with Gasteiger partial charge in [0.25, 0.3) is 0 Å². The molecule has 0 bridgehead atoms. The van der Waals surface area contributed by atoms with Gasteiger partial charge < -0.3 is 9.47 Å². The van der Waals surface area contributed by atoms with Crippen LogP contribution in [-0.4, -0.2) is 19.0 Å². The lowest BCUT2D eigenvalue weighted by Gasteiger charge is -2.20. The van der Waals surface area contributed by atoms with Crippen LogP contribution in [0.4, 0.5) is 0 Å². The molecule has 0 saturated heterocycles. The Kier molecular flexibility index (Phi) is 3.97. The third-order valence-corrected chi connectivity index (χ3v) is 5.09. The van der Waals surface area contributed by atoms with Crippen LogP contribution >= 0.6 is 15.9 Å². The fourth-order valence-corrected chi connectivity index (χ4v) is 3.31. The molecular formula is C14H19BrO2. The lowest BCUT2D eigenvalue weighted by molar-refractivity contribution is 0.384. The lowest BCUT2D eigenvalue weighted by atomic mass is 9.89. The summed E-state index contributed by atoms with van der Waals surface area (Å²) in [6.45, 7) is 2.31. The molecule has 2 nitrogen and oxygen atoms in total. The quantitative estimate of drug-likeness (QED) is 0.786. The third-order valence-electron chi connectivity index (χ3n) is 3.80. The van der Waals surface area contributed by atoms with E-state index in [9.17, 15) is 0 Å². The molecular weight excluding hydrogens is 280 g/mol. The zero-order valence-corrected chi connectivity index (χ0v) is 12.2. The van der Waals surface area contributed by atoms with E-state index in [0.717, 1.165) is 11.5 Å². The Hall–Kier alpha value is -0.700. The van der Waals surface area contributed by atoms with E-state index in [0.29, 0.717) is 16.7 Å². The van der Waals surface area contributed by atoms with Crippen molar-refractivity contribution in [1.29, 1.82) is 0 Å². The molecule has 0 N–H and O–H groups in total. The number of methoxy groups -OCH3 is 2. The van der Waals surface area contributed by atoms with E-state index in [-0.39, 0.29) is 0 Å². The molecule has 0 spiro atoms. The first-order valence-electron chi connectivity index (χ1n) is 6.03. The fourth-order valence-electron chi connectivity index (χ4n) is 2.68. The summed E-state index contributed by atoms with van der Waals surface area (Å²) in [5.74, 6) is 3.03. The molecule has 1 fully saturated rings. The molecule has 3 unspecified atom stereocenters. The summed E-state index contributed by atoms with van der Waals surface area (Å²) < 4.78 is 10.7. The lowest BCUT2D eigenvalue weighted by Crippen LogP contribution is -2.10. The molecule has 0 aliphatic heterocycles. The van der Waals surface area contributed by atoms with Crippen LogP contribution in [0.1, 0.15) is 31.2 Å². The van der Waals surface area contributed by atoms with Gasteiger partial charge in [0.1, 0.15) is 11.5 Å². The van der Waals surface area contributed by atoms with Crippen LogP contribution in [0.25, 0.3) is 0 Å². The topological polar surface area (TPSA) is 18.5 Å². The largest absolute Gasteiger partial charge is 0.497 e. The van der Waals surface area contributed by atoms with Crippen LogP contribution in [0, 0.1) is 5.92 Å². The Labute approximate surface area is 111 Å². The van der Waals surface area contributed by atoms with Gasteiger partial charge in [-0.1, -0.05) is 28.9 Å². The van der Waals surface area contributed by atoms with E-state index in [1.165, 1.54) is 18.4 Å². The van der Waals surface area contributed by atoms with Crippen molar-refractivity contribution in [2.45, 2.75) is 30.5 Å². The molecule has 17 heavy (non-hydrogen) atoms. The molecule has 0 radical (unpaired) electrons. The maximum absolute atomic E-state index is 5.49. The minimum Gasteiger partial charge on any atom is -0.497 e. The number of alkyl halides is 1. The van der Waals surface area contributed by atoms with Crippen molar-refractivity contribution in [3.63, 3.8) is 0 Å². The summed E-state index contributed by atoms with van der Waals surface area (Å²) in [6.07, 6.45) is 2.46. The average Bonchev–Trinajstić information content (AvgIpc) is 2.69. The van der Waals surface area contributed by atoms with E-state index >= 15 is 0 Å².